The van der Waals surface area contributed by atoms with E-state index in [0.717, 1.165) is 11.1 Å². The van der Waals surface area contributed by atoms with Gasteiger partial charge >= 0.3 is 0 Å². The lowest BCUT2D eigenvalue weighted by atomic mass is 10.1. The average molecular weight is 292 g/mol. The number of aryl methyl sites for hydroxylation is 2. The molecule has 0 amide bonds. The molecule has 0 saturated heterocycles. The van der Waals surface area contributed by atoms with Gasteiger partial charge in [0.1, 0.15) is 4.90 Å². The van der Waals surface area contributed by atoms with Crippen molar-refractivity contribution in [2.45, 2.75) is 18.7 Å². The Morgan fingerprint density at radius 1 is 1.20 bits per heavy atom. The number of aromatic nitrogens is 1. The Balaban J connectivity index is 2.41. The fourth-order valence-corrected chi connectivity index (χ4v) is 3.10. The lowest BCUT2D eigenvalue weighted by Crippen LogP contribution is -2.18. The van der Waals surface area contributed by atoms with Crippen molar-refractivity contribution in [1.29, 1.82) is 0 Å². The van der Waals surface area contributed by atoms with E-state index in [2.05, 4.69) is 15.1 Å². The van der Waals surface area contributed by atoms with Gasteiger partial charge in [-0.05, 0) is 37.6 Å². The minimum Gasteiger partial charge on any atom is -0.307 e. The number of nitrogens with two attached hydrogens (primary N) is 1. The molecular weight excluding hydrogens is 276 g/mol. The Hall–Kier alpha value is -2.12. The number of nitrogens with one attached hydrogen (secondary N) is 2. The maximum Gasteiger partial charge on any atom is 0.265 e. The number of anilines is 2. The van der Waals surface area contributed by atoms with E-state index in [-0.39, 0.29) is 10.7 Å². The van der Waals surface area contributed by atoms with Gasteiger partial charge in [0.25, 0.3) is 10.0 Å². The van der Waals surface area contributed by atoms with Crippen LogP contribution in [0.1, 0.15) is 11.1 Å². The smallest absolute Gasteiger partial charge is 0.265 e. The molecule has 2 aromatic rings. The number of hydrogen-bond donors (Lipinski definition) is 3. The van der Waals surface area contributed by atoms with E-state index in [0.29, 0.717) is 5.69 Å². The molecule has 0 aliphatic rings. The fraction of sp³-hybridized carbons (Fsp3) is 0.154. The van der Waals surface area contributed by atoms with Gasteiger partial charge in [-0.3, -0.25) is 4.72 Å². The van der Waals surface area contributed by atoms with Gasteiger partial charge in [-0.15, -0.1) is 0 Å². The van der Waals surface area contributed by atoms with Crippen LogP contribution in [0.2, 0.25) is 0 Å². The van der Waals surface area contributed by atoms with Gasteiger partial charge in [-0.25, -0.2) is 19.2 Å². The second-order valence-electron chi connectivity index (χ2n) is 4.42. The van der Waals surface area contributed by atoms with Crippen molar-refractivity contribution in [1.82, 2.24) is 4.98 Å². The van der Waals surface area contributed by atoms with Crippen LogP contribution in [-0.4, -0.2) is 13.4 Å². The maximum atomic E-state index is 12.4. The minimum atomic E-state index is -3.75. The summed E-state index contributed by atoms with van der Waals surface area (Å²) >= 11 is 0. The lowest BCUT2D eigenvalue weighted by molar-refractivity contribution is 0.601. The highest BCUT2D eigenvalue weighted by Gasteiger charge is 2.19. The number of sulfonamides is 1. The van der Waals surface area contributed by atoms with Crippen molar-refractivity contribution in [2.24, 2.45) is 5.84 Å². The van der Waals surface area contributed by atoms with Crippen LogP contribution >= 0.6 is 0 Å². The molecule has 0 spiro atoms. The second-order valence-corrected chi connectivity index (χ2v) is 6.07. The zero-order valence-corrected chi connectivity index (χ0v) is 12.0. The van der Waals surface area contributed by atoms with Crippen LogP contribution in [-0.2, 0) is 10.0 Å². The fourth-order valence-electron chi connectivity index (χ4n) is 1.84. The molecule has 20 heavy (non-hydrogen) atoms. The minimum absolute atomic E-state index is 0.00229. The molecule has 0 aliphatic carbocycles. The van der Waals surface area contributed by atoms with Crippen molar-refractivity contribution < 1.29 is 8.42 Å². The van der Waals surface area contributed by atoms with E-state index in [4.69, 9.17) is 5.84 Å². The molecule has 4 N–H and O–H groups in total. The molecule has 1 aromatic heterocycles. The number of rotatable bonds is 4. The van der Waals surface area contributed by atoms with Crippen LogP contribution in [0.15, 0.2) is 41.4 Å². The third kappa shape index (κ3) is 2.89. The zero-order valence-electron chi connectivity index (χ0n) is 11.2. The van der Waals surface area contributed by atoms with E-state index in [9.17, 15) is 8.42 Å². The molecule has 1 heterocycles. The number of hydrazine groups is 1. The first kappa shape index (κ1) is 14.3. The van der Waals surface area contributed by atoms with Gasteiger partial charge in [0, 0.05) is 6.20 Å². The molecule has 0 saturated carbocycles. The quantitative estimate of drug-likeness (QED) is 0.589. The van der Waals surface area contributed by atoms with Crippen molar-refractivity contribution in [2.75, 3.05) is 10.1 Å². The van der Waals surface area contributed by atoms with E-state index in [1.807, 2.05) is 26.0 Å². The first-order valence-corrected chi connectivity index (χ1v) is 7.44. The third-order valence-electron chi connectivity index (χ3n) is 2.82. The van der Waals surface area contributed by atoms with Gasteiger partial charge in [0.2, 0.25) is 0 Å². The summed E-state index contributed by atoms with van der Waals surface area (Å²) in [5, 5.41) is 0. The second kappa shape index (κ2) is 5.48. The van der Waals surface area contributed by atoms with Crippen LogP contribution in [0.4, 0.5) is 11.5 Å². The molecule has 0 atom stereocenters. The molecule has 1 aromatic carbocycles. The SMILES string of the molecule is Cc1ccc(NS(=O)(=O)c2cccnc2NN)c(C)c1. The van der Waals surface area contributed by atoms with Crippen molar-refractivity contribution in [3.05, 3.63) is 47.7 Å². The third-order valence-corrected chi connectivity index (χ3v) is 4.22. The van der Waals surface area contributed by atoms with E-state index in [1.54, 1.807) is 6.07 Å². The van der Waals surface area contributed by atoms with Crippen LogP contribution in [0.3, 0.4) is 0 Å². The summed E-state index contributed by atoms with van der Waals surface area (Å²) in [4.78, 5) is 3.89. The summed E-state index contributed by atoms with van der Waals surface area (Å²) in [7, 11) is -3.75. The lowest BCUT2D eigenvalue weighted by Gasteiger charge is -2.13. The number of nitrogens with zero attached hydrogens (tertiary/aromatic N) is 1. The number of pyridine rings is 1. The van der Waals surface area contributed by atoms with Crippen molar-refractivity contribution in [3.63, 3.8) is 0 Å². The van der Waals surface area contributed by atoms with E-state index >= 15 is 0 Å². The van der Waals surface area contributed by atoms with Crippen molar-refractivity contribution in [3.8, 4) is 0 Å². The van der Waals surface area contributed by atoms with Gasteiger partial charge < -0.3 is 5.43 Å². The van der Waals surface area contributed by atoms with Crippen LogP contribution in [0, 0.1) is 13.8 Å². The highest BCUT2D eigenvalue weighted by atomic mass is 32.2. The largest absolute Gasteiger partial charge is 0.307 e. The molecule has 0 fully saturated rings. The summed E-state index contributed by atoms with van der Waals surface area (Å²) in [6.45, 7) is 3.79. The average Bonchev–Trinajstić information content (AvgIpc) is 2.42. The molecule has 7 heteroatoms. The van der Waals surface area contributed by atoms with Gasteiger partial charge in [0.15, 0.2) is 5.82 Å². The summed E-state index contributed by atoms with van der Waals surface area (Å²) in [5.74, 6) is 5.39. The number of benzene rings is 1. The van der Waals surface area contributed by atoms with Crippen LogP contribution in [0.5, 0.6) is 0 Å². The molecule has 0 bridgehead atoms. The summed E-state index contributed by atoms with van der Waals surface area (Å²) in [5.41, 5.74) is 4.72. The molecular formula is C13H16N4O2S. The Morgan fingerprint density at radius 3 is 2.60 bits per heavy atom. The zero-order chi connectivity index (χ0) is 14.8. The summed E-state index contributed by atoms with van der Waals surface area (Å²) in [6, 6.07) is 8.46. The number of hydrogen-bond acceptors (Lipinski definition) is 5. The summed E-state index contributed by atoms with van der Waals surface area (Å²) < 4.78 is 27.3. The first-order valence-electron chi connectivity index (χ1n) is 5.96. The molecule has 6 nitrogen and oxygen atoms in total. The predicted octanol–water partition coefficient (Wildman–Crippen LogP) is 1.78. The molecule has 0 aliphatic heterocycles. The molecule has 2 rings (SSSR count). The van der Waals surface area contributed by atoms with Crippen LogP contribution in [0.25, 0.3) is 0 Å². The Morgan fingerprint density at radius 2 is 1.95 bits per heavy atom. The first-order chi connectivity index (χ1) is 9.44. The standard InChI is InChI=1S/C13H16N4O2S/c1-9-5-6-11(10(2)8-9)17-20(18,19)12-4-3-7-15-13(12)16-14/h3-8,17H,14H2,1-2H3,(H,15,16). The Kier molecular flexibility index (Phi) is 3.91. The Bertz CT molecular complexity index is 729. The monoisotopic (exact) mass is 292 g/mol. The maximum absolute atomic E-state index is 12.4. The van der Waals surface area contributed by atoms with E-state index in [1.165, 1.54) is 18.3 Å². The molecule has 0 unspecified atom stereocenters. The van der Waals surface area contributed by atoms with Gasteiger partial charge in [-0.2, -0.15) is 0 Å². The van der Waals surface area contributed by atoms with Crippen LogP contribution < -0.4 is 16.0 Å². The highest BCUT2D eigenvalue weighted by Crippen LogP contribution is 2.23. The topological polar surface area (TPSA) is 97.1 Å². The number of nitrogen functional groups attached to an aromatic ring is 1. The summed E-state index contributed by atoms with van der Waals surface area (Å²) in [6.07, 6.45) is 1.46. The van der Waals surface area contributed by atoms with E-state index < -0.39 is 10.0 Å². The molecule has 106 valence electrons. The molecule has 0 radical (unpaired) electrons. The van der Waals surface area contributed by atoms with Gasteiger partial charge in [-0.1, -0.05) is 17.7 Å². The normalized spacial score (nSPS) is 11.2. The van der Waals surface area contributed by atoms with Crippen molar-refractivity contribution >= 4 is 21.5 Å². The predicted molar refractivity (Wildman–Crippen MR) is 78.8 cm³/mol. The van der Waals surface area contributed by atoms with Gasteiger partial charge in [0.05, 0.1) is 5.69 Å². The highest BCUT2D eigenvalue weighted by molar-refractivity contribution is 7.92. The Labute approximate surface area is 118 Å².